The number of benzene rings is 2. The fourth-order valence-electron chi connectivity index (χ4n) is 5.96. The Morgan fingerprint density at radius 2 is 1.64 bits per heavy atom. The van der Waals surface area contributed by atoms with Gasteiger partial charge in [0.1, 0.15) is 28.6 Å². The molecule has 0 unspecified atom stereocenters. The van der Waals surface area contributed by atoms with Gasteiger partial charge in [-0.15, -0.1) is 0 Å². The van der Waals surface area contributed by atoms with Crippen molar-refractivity contribution in [1.29, 1.82) is 0 Å². The van der Waals surface area contributed by atoms with Crippen LogP contribution < -0.4 is 15.4 Å². The Morgan fingerprint density at radius 1 is 0.915 bits per heavy atom. The second-order valence-corrected chi connectivity index (χ2v) is 11.7. The van der Waals surface area contributed by atoms with Gasteiger partial charge in [-0.1, -0.05) is 24.3 Å². The summed E-state index contributed by atoms with van der Waals surface area (Å²) in [6, 6.07) is 17.9. The molecule has 11 nitrogen and oxygen atoms in total. The van der Waals surface area contributed by atoms with Crippen LogP contribution in [0, 0.1) is 5.82 Å². The van der Waals surface area contributed by atoms with Gasteiger partial charge < -0.3 is 30.3 Å². The first-order chi connectivity index (χ1) is 22.8. The molecule has 1 aliphatic carbocycles. The number of morpholine rings is 1. The maximum absolute atomic E-state index is 14.3. The molecule has 2 aromatic heterocycles. The smallest absolute Gasteiger partial charge is 0.270 e. The van der Waals surface area contributed by atoms with Gasteiger partial charge in [0, 0.05) is 37.8 Å². The van der Waals surface area contributed by atoms with E-state index >= 15 is 0 Å². The maximum atomic E-state index is 14.3. The molecule has 2 amide bonds. The average molecular weight is 642 g/mol. The van der Waals surface area contributed by atoms with Crippen LogP contribution in [0.25, 0.3) is 11.1 Å². The highest BCUT2D eigenvalue weighted by molar-refractivity contribution is 5.96. The van der Waals surface area contributed by atoms with Gasteiger partial charge in [0.15, 0.2) is 0 Å². The zero-order valence-corrected chi connectivity index (χ0v) is 25.7. The van der Waals surface area contributed by atoms with E-state index < -0.39 is 11.7 Å². The lowest BCUT2D eigenvalue weighted by atomic mass is 9.91. The monoisotopic (exact) mass is 641 g/mol. The fourth-order valence-corrected chi connectivity index (χ4v) is 5.96. The molecule has 2 aliphatic rings. The van der Waals surface area contributed by atoms with Gasteiger partial charge in [-0.3, -0.25) is 14.5 Å². The summed E-state index contributed by atoms with van der Waals surface area (Å²) in [6.07, 6.45) is 3.45. The molecule has 12 heteroatoms. The third-order valence-electron chi connectivity index (χ3n) is 8.37. The number of pyridine rings is 2. The molecule has 4 aromatic rings. The molecular formula is C35H36FN5O6. The minimum absolute atomic E-state index is 0.0279. The van der Waals surface area contributed by atoms with Crippen molar-refractivity contribution < 1.29 is 33.7 Å². The zero-order valence-electron chi connectivity index (χ0n) is 25.7. The van der Waals surface area contributed by atoms with Crippen LogP contribution in [0.1, 0.15) is 52.1 Å². The molecule has 2 fully saturated rings. The standard InChI is InChI=1S/C35H36FN5O6/c36-24-19-30(33(44)38-25-7-9-26(10-8-25)39-34(45)31-5-2-6-32(43)40-31)35(37-20-24)47-28-4-1-3-22(18-28)29-12-11-27(42)17-23(29)21-41-13-15-46-16-14-41/h1-6,11-12,17-20,25-26,42H,7-10,13-16,21H2,(H,38,44)(H,39,45)(H,40,43)/t25-,26-. The molecule has 47 heavy (non-hydrogen) atoms. The summed E-state index contributed by atoms with van der Waals surface area (Å²) in [4.78, 5) is 36.1. The van der Waals surface area contributed by atoms with Crippen molar-refractivity contribution in [3.63, 3.8) is 0 Å². The van der Waals surface area contributed by atoms with Crippen LogP contribution in [0.15, 0.2) is 72.9 Å². The lowest BCUT2D eigenvalue weighted by Crippen LogP contribution is -2.44. The zero-order chi connectivity index (χ0) is 32.8. The van der Waals surface area contributed by atoms with Gasteiger partial charge >= 0.3 is 0 Å². The Morgan fingerprint density at radius 3 is 2.38 bits per heavy atom. The molecule has 244 valence electrons. The van der Waals surface area contributed by atoms with E-state index in [9.17, 15) is 24.2 Å². The van der Waals surface area contributed by atoms with E-state index in [0.717, 1.165) is 42.0 Å². The minimum atomic E-state index is -0.667. The molecule has 0 atom stereocenters. The number of carbonyl (C=O) groups excluding carboxylic acids is 2. The van der Waals surface area contributed by atoms with Crippen molar-refractivity contribution >= 4 is 11.8 Å². The largest absolute Gasteiger partial charge is 0.508 e. The molecule has 0 spiro atoms. The lowest BCUT2D eigenvalue weighted by Gasteiger charge is -2.29. The second-order valence-electron chi connectivity index (χ2n) is 11.7. The van der Waals surface area contributed by atoms with Gasteiger partial charge in [-0.2, -0.15) is 0 Å². The summed E-state index contributed by atoms with van der Waals surface area (Å²) in [5, 5.41) is 25.7. The van der Waals surface area contributed by atoms with Crippen LogP contribution in [-0.4, -0.2) is 75.3 Å². The number of carbonyl (C=O) groups is 2. The fraction of sp³-hybridized carbons (Fsp3) is 0.314. The molecule has 1 saturated carbocycles. The number of halogens is 1. The third kappa shape index (κ3) is 8.21. The molecule has 2 aromatic carbocycles. The first-order valence-corrected chi connectivity index (χ1v) is 15.6. The number of amides is 2. The normalized spacial score (nSPS) is 18.3. The van der Waals surface area contributed by atoms with E-state index in [1.165, 1.54) is 12.1 Å². The van der Waals surface area contributed by atoms with Gasteiger partial charge in [-0.25, -0.2) is 14.4 Å². The van der Waals surface area contributed by atoms with E-state index in [4.69, 9.17) is 9.47 Å². The lowest BCUT2D eigenvalue weighted by molar-refractivity contribution is 0.0342. The van der Waals surface area contributed by atoms with Gasteiger partial charge in [0.2, 0.25) is 11.8 Å². The van der Waals surface area contributed by atoms with Crippen molar-refractivity contribution in [2.75, 3.05) is 26.3 Å². The number of hydrogen-bond donors (Lipinski definition) is 4. The number of rotatable bonds is 9. The maximum Gasteiger partial charge on any atom is 0.270 e. The Balaban J connectivity index is 1.11. The number of aromatic hydroxyl groups is 2. The number of nitrogens with one attached hydrogen (secondary N) is 2. The average Bonchev–Trinajstić information content (AvgIpc) is 3.07. The first-order valence-electron chi connectivity index (χ1n) is 15.6. The SMILES string of the molecule is O=C(N[C@H]1CC[C@H](NC(=O)c2cc(F)cnc2Oc2cccc(-c3ccc(O)cc3CN3CCOCC3)c2)CC1)c1cccc(O)n1. The molecular weight excluding hydrogens is 605 g/mol. The Kier molecular flexibility index (Phi) is 9.89. The van der Waals surface area contributed by atoms with E-state index in [1.807, 2.05) is 24.3 Å². The van der Waals surface area contributed by atoms with Gasteiger partial charge in [0.05, 0.1) is 19.4 Å². The predicted molar refractivity (Wildman–Crippen MR) is 171 cm³/mol. The van der Waals surface area contributed by atoms with Crippen LogP contribution in [0.4, 0.5) is 4.39 Å². The highest BCUT2D eigenvalue weighted by Gasteiger charge is 2.26. The van der Waals surface area contributed by atoms with E-state index in [-0.39, 0.29) is 46.8 Å². The summed E-state index contributed by atoms with van der Waals surface area (Å²) in [6.45, 7) is 3.57. The Labute approximate surface area is 271 Å². The quantitative estimate of drug-likeness (QED) is 0.203. The molecule has 1 aliphatic heterocycles. The number of aromatic nitrogens is 2. The summed E-state index contributed by atoms with van der Waals surface area (Å²) >= 11 is 0. The highest BCUT2D eigenvalue weighted by atomic mass is 19.1. The molecule has 4 N–H and O–H groups in total. The van der Waals surface area contributed by atoms with Crippen molar-refractivity contribution in [2.45, 2.75) is 44.3 Å². The van der Waals surface area contributed by atoms with Crippen LogP contribution >= 0.6 is 0 Å². The number of phenolic OH excluding ortho intramolecular Hbond substituents is 1. The Hall–Kier alpha value is -5.07. The summed E-state index contributed by atoms with van der Waals surface area (Å²) in [7, 11) is 0. The van der Waals surface area contributed by atoms with E-state index in [2.05, 4.69) is 25.5 Å². The highest BCUT2D eigenvalue weighted by Crippen LogP contribution is 2.33. The van der Waals surface area contributed by atoms with Crippen LogP contribution in [0.2, 0.25) is 0 Å². The third-order valence-corrected chi connectivity index (χ3v) is 8.37. The molecule has 3 heterocycles. The van der Waals surface area contributed by atoms with Crippen LogP contribution in [-0.2, 0) is 11.3 Å². The topological polar surface area (TPSA) is 146 Å². The number of hydrogen-bond acceptors (Lipinski definition) is 9. The number of nitrogens with zero attached hydrogens (tertiary/aromatic N) is 3. The molecule has 6 rings (SSSR count). The Bertz CT molecular complexity index is 1740. The molecule has 0 bridgehead atoms. The first kappa shape index (κ1) is 31.9. The van der Waals surface area contributed by atoms with Crippen LogP contribution in [0.3, 0.4) is 0 Å². The van der Waals surface area contributed by atoms with Gasteiger partial charge in [0.25, 0.3) is 11.8 Å². The number of ether oxygens (including phenoxy) is 2. The molecule has 1 saturated heterocycles. The van der Waals surface area contributed by atoms with Crippen molar-refractivity contribution in [1.82, 2.24) is 25.5 Å². The summed E-state index contributed by atoms with van der Waals surface area (Å²) in [5.41, 5.74) is 2.83. The van der Waals surface area contributed by atoms with E-state index in [0.29, 0.717) is 51.2 Å². The predicted octanol–water partition coefficient (Wildman–Crippen LogP) is 4.79. The number of phenols is 1. The van der Waals surface area contributed by atoms with Gasteiger partial charge in [-0.05, 0) is 78.8 Å². The minimum Gasteiger partial charge on any atom is -0.508 e. The second kappa shape index (κ2) is 14.6. The van der Waals surface area contributed by atoms with Crippen molar-refractivity contribution in [3.8, 4) is 34.4 Å². The molecule has 0 radical (unpaired) electrons. The van der Waals surface area contributed by atoms with Crippen LogP contribution in [0.5, 0.6) is 23.3 Å². The summed E-state index contributed by atoms with van der Waals surface area (Å²) < 4.78 is 25.9. The van der Waals surface area contributed by atoms with Crippen molar-refractivity contribution in [2.24, 2.45) is 0 Å². The summed E-state index contributed by atoms with van der Waals surface area (Å²) in [5.74, 6) is -1.20. The van der Waals surface area contributed by atoms with Crippen molar-refractivity contribution in [3.05, 3.63) is 95.6 Å². The van der Waals surface area contributed by atoms with E-state index in [1.54, 1.807) is 24.3 Å².